The summed E-state index contributed by atoms with van der Waals surface area (Å²) in [7, 11) is 6.23. The van der Waals surface area contributed by atoms with Gasteiger partial charge >= 0.3 is 0 Å². The summed E-state index contributed by atoms with van der Waals surface area (Å²) < 4.78 is 22.7. The topological polar surface area (TPSA) is 107 Å². The number of methoxy groups -OCH3 is 4. The zero-order valence-corrected chi connectivity index (χ0v) is 20.3. The fourth-order valence-corrected chi connectivity index (χ4v) is 4.63. The summed E-state index contributed by atoms with van der Waals surface area (Å²) >= 11 is 0. The molecule has 0 aromatic rings. The van der Waals surface area contributed by atoms with E-state index in [4.69, 9.17) is 38.9 Å². The number of nitrogens with zero attached hydrogens (tertiary/aromatic N) is 4. The maximum Gasteiger partial charge on any atom is 0.215 e. The molecule has 1 N–H and O–H groups in total. The standard InChI is InChI=1S/C23H36N4O5/c1-13(2)15-17(29-5)26-22(20(24-15)31-7)11-9-10-12-23(19(22)28)21(32-8)25-16(14(3)4)18(27-23)30-6/h9-10,13-16,19,28H,11-12H2,1-8H3/t15-,16-,22+,23+/m1/s1. The quantitative estimate of drug-likeness (QED) is 0.653. The zero-order valence-electron chi connectivity index (χ0n) is 20.3. The number of ether oxygens (including phenoxy) is 4. The van der Waals surface area contributed by atoms with Gasteiger partial charge in [0.15, 0.2) is 11.1 Å². The highest BCUT2D eigenvalue weighted by Crippen LogP contribution is 2.43. The molecule has 9 nitrogen and oxygen atoms in total. The predicted molar refractivity (Wildman–Crippen MR) is 125 cm³/mol. The van der Waals surface area contributed by atoms with E-state index in [1.807, 2.05) is 39.8 Å². The van der Waals surface area contributed by atoms with Crippen molar-refractivity contribution >= 4 is 23.6 Å². The highest BCUT2D eigenvalue weighted by Gasteiger charge is 2.61. The lowest BCUT2D eigenvalue weighted by Crippen LogP contribution is -2.65. The molecule has 2 heterocycles. The highest BCUT2D eigenvalue weighted by molar-refractivity contribution is 6.02. The van der Waals surface area contributed by atoms with Crippen LogP contribution >= 0.6 is 0 Å². The molecule has 0 fully saturated rings. The molecular formula is C23H36N4O5. The monoisotopic (exact) mass is 448 g/mol. The van der Waals surface area contributed by atoms with Crippen LogP contribution in [0.2, 0.25) is 0 Å². The van der Waals surface area contributed by atoms with Crippen LogP contribution in [0.4, 0.5) is 0 Å². The van der Waals surface area contributed by atoms with Crippen LogP contribution in [0.15, 0.2) is 32.1 Å². The lowest BCUT2D eigenvalue weighted by atomic mass is 9.75. The van der Waals surface area contributed by atoms with Crippen LogP contribution < -0.4 is 0 Å². The third-order valence-electron chi connectivity index (χ3n) is 6.38. The minimum atomic E-state index is -1.25. The van der Waals surface area contributed by atoms with E-state index in [0.29, 0.717) is 36.4 Å². The number of hydrogen-bond donors (Lipinski definition) is 1. The van der Waals surface area contributed by atoms with Crippen molar-refractivity contribution in [2.75, 3.05) is 28.4 Å². The first-order chi connectivity index (χ1) is 15.2. The maximum atomic E-state index is 12.0. The lowest BCUT2D eigenvalue weighted by molar-refractivity contribution is 0.0524. The van der Waals surface area contributed by atoms with E-state index in [-0.39, 0.29) is 23.9 Å². The van der Waals surface area contributed by atoms with E-state index >= 15 is 0 Å². The van der Waals surface area contributed by atoms with Gasteiger partial charge in [-0.25, -0.2) is 20.0 Å². The number of aliphatic hydroxyl groups excluding tert-OH is 1. The Bertz CT molecular complexity index is 794. The molecule has 2 spiro atoms. The number of aliphatic imine (C=N–C) groups is 4. The first-order valence-corrected chi connectivity index (χ1v) is 11.1. The Hall–Kier alpha value is -2.42. The fraction of sp³-hybridized carbons (Fsp3) is 0.739. The third-order valence-corrected chi connectivity index (χ3v) is 6.38. The van der Waals surface area contributed by atoms with Gasteiger partial charge in [0.05, 0.1) is 28.4 Å². The molecule has 0 bridgehead atoms. The summed E-state index contributed by atoms with van der Waals surface area (Å²) in [5, 5.41) is 12.0. The van der Waals surface area contributed by atoms with Crippen molar-refractivity contribution in [3.63, 3.8) is 0 Å². The van der Waals surface area contributed by atoms with Crippen LogP contribution in [0.5, 0.6) is 0 Å². The molecule has 32 heavy (non-hydrogen) atoms. The van der Waals surface area contributed by atoms with Gasteiger partial charge in [0.2, 0.25) is 23.6 Å². The zero-order chi connectivity index (χ0) is 23.7. The van der Waals surface area contributed by atoms with Gasteiger partial charge in [0.1, 0.15) is 18.2 Å². The summed E-state index contributed by atoms with van der Waals surface area (Å²) in [6, 6.07) is -0.609. The summed E-state index contributed by atoms with van der Waals surface area (Å²) in [5.41, 5.74) is -2.49. The van der Waals surface area contributed by atoms with Crippen LogP contribution in [0.3, 0.4) is 0 Å². The largest absolute Gasteiger partial charge is 0.483 e. The van der Waals surface area contributed by atoms with Gasteiger partial charge in [0.25, 0.3) is 0 Å². The molecule has 0 aromatic heterocycles. The minimum absolute atomic E-state index is 0.138. The van der Waals surface area contributed by atoms with E-state index < -0.39 is 17.2 Å². The maximum absolute atomic E-state index is 12.0. The number of hydrogen-bond acceptors (Lipinski definition) is 9. The molecule has 3 rings (SSSR count). The van der Waals surface area contributed by atoms with Gasteiger partial charge in [-0.2, -0.15) is 0 Å². The first-order valence-electron chi connectivity index (χ1n) is 11.1. The SMILES string of the molecule is COC1=N[C@]2(CC=CC[C@]3(N=C(OC)[C@@H](C(C)C)N=C3OC)C2O)C(OC)=N[C@@H]1C(C)C. The van der Waals surface area contributed by atoms with Gasteiger partial charge in [-0.1, -0.05) is 39.8 Å². The van der Waals surface area contributed by atoms with Gasteiger partial charge in [0, 0.05) is 12.8 Å². The van der Waals surface area contributed by atoms with Crippen LogP contribution in [0.25, 0.3) is 0 Å². The van der Waals surface area contributed by atoms with Gasteiger partial charge in [-0.3, -0.25) is 0 Å². The molecule has 0 unspecified atom stereocenters. The smallest absolute Gasteiger partial charge is 0.215 e. The average molecular weight is 449 g/mol. The summed E-state index contributed by atoms with van der Waals surface area (Å²) in [6.07, 6.45) is 3.45. The summed E-state index contributed by atoms with van der Waals surface area (Å²) in [5.74, 6) is 1.86. The second-order valence-electron chi connectivity index (χ2n) is 9.09. The second kappa shape index (κ2) is 9.21. The van der Waals surface area contributed by atoms with Crippen molar-refractivity contribution in [3.05, 3.63) is 12.2 Å². The van der Waals surface area contributed by atoms with Crippen LogP contribution in [0, 0.1) is 11.8 Å². The molecule has 2 aliphatic heterocycles. The van der Waals surface area contributed by atoms with Gasteiger partial charge in [-0.05, 0) is 11.8 Å². The molecular weight excluding hydrogens is 412 g/mol. The lowest BCUT2D eigenvalue weighted by Gasteiger charge is -2.45. The Labute approximate surface area is 190 Å². The predicted octanol–water partition coefficient (Wildman–Crippen LogP) is 2.43. The molecule has 0 saturated heterocycles. The van der Waals surface area contributed by atoms with E-state index in [0.717, 1.165) is 0 Å². The Morgan fingerprint density at radius 1 is 0.750 bits per heavy atom. The molecule has 0 saturated carbocycles. The Kier molecular flexibility index (Phi) is 6.97. The van der Waals surface area contributed by atoms with Crippen molar-refractivity contribution in [3.8, 4) is 0 Å². The Morgan fingerprint density at radius 2 is 1.12 bits per heavy atom. The van der Waals surface area contributed by atoms with E-state index in [1.54, 1.807) is 28.4 Å². The van der Waals surface area contributed by atoms with Crippen LogP contribution in [-0.2, 0) is 18.9 Å². The molecule has 0 aromatic carbocycles. The molecule has 0 radical (unpaired) electrons. The van der Waals surface area contributed by atoms with Crippen molar-refractivity contribution < 1.29 is 24.1 Å². The van der Waals surface area contributed by atoms with Crippen LogP contribution in [-0.4, -0.2) is 86.4 Å². The van der Waals surface area contributed by atoms with E-state index in [1.165, 1.54) is 0 Å². The van der Waals surface area contributed by atoms with Gasteiger partial charge in [-0.15, -0.1) is 0 Å². The summed E-state index contributed by atoms with van der Waals surface area (Å²) in [6.45, 7) is 8.15. The average Bonchev–Trinajstić information content (AvgIpc) is 2.91. The van der Waals surface area contributed by atoms with E-state index in [9.17, 15) is 5.11 Å². The minimum Gasteiger partial charge on any atom is -0.483 e. The molecule has 1 aliphatic carbocycles. The first kappa shape index (κ1) is 24.2. The Balaban J connectivity index is 2.23. The van der Waals surface area contributed by atoms with Crippen molar-refractivity contribution in [2.24, 2.45) is 31.8 Å². The van der Waals surface area contributed by atoms with Crippen molar-refractivity contribution in [2.45, 2.75) is 69.8 Å². The number of aliphatic hydroxyl groups is 1. The van der Waals surface area contributed by atoms with E-state index in [2.05, 4.69) is 0 Å². The second-order valence-corrected chi connectivity index (χ2v) is 9.09. The molecule has 178 valence electrons. The molecule has 0 amide bonds. The molecule has 9 heteroatoms. The molecule has 3 aliphatic rings. The van der Waals surface area contributed by atoms with Crippen LogP contribution in [0.1, 0.15) is 40.5 Å². The number of rotatable bonds is 2. The fourth-order valence-electron chi connectivity index (χ4n) is 4.63. The normalized spacial score (nSPS) is 33.0. The Morgan fingerprint density at radius 3 is 1.41 bits per heavy atom. The highest BCUT2D eigenvalue weighted by atomic mass is 16.5. The van der Waals surface area contributed by atoms with Crippen molar-refractivity contribution in [1.29, 1.82) is 0 Å². The van der Waals surface area contributed by atoms with Crippen molar-refractivity contribution in [1.82, 2.24) is 0 Å². The summed E-state index contributed by atoms with van der Waals surface area (Å²) in [4.78, 5) is 19.5. The van der Waals surface area contributed by atoms with Gasteiger partial charge < -0.3 is 24.1 Å². The molecule has 4 atom stereocenters. The third kappa shape index (κ3) is 3.70.